The Hall–Kier alpha value is -1.01. The minimum atomic E-state index is -0.0639. The zero-order chi connectivity index (χ0) is 13.1. The summed E-state index contributed by atoms with van der Waals surface area (Å²) in [5.74, 6) is 0.936. The van der Waals surface area contributed by atoms with E-state index in [4.69, 9.17) is 4.74 Å². The van der Waals surface area contributed by atoms with Crippen molar-refractivity contribution in [3.63, 3.8) is 0 Å². The second-order valence-corrected chi connectivity index (χ2v) is 5.67. The van der Waals surface area contributed by atoms with Gasteiger partial charge >= 0.3 is 5.97 Å². The third-order valence-electron chi connectivity index (χ3n) is 4.31. The van der Waals surface area contributed by atoms with Crippen molar-refractivity contribution in [2.45, 2.75) is 40.5 Å². The highest BCUT2D eigenvalue weighted by Crippen LogP contribution is 2.51. The third-order valence-corrected chi connectivity index (χ3v) is 4.31. The van der Waals surface area contributed by atoms with Gasteiger partial charge in [0.1, 0.15) is 0 Å². The Bertz CT molecular complexity index is 324. The van der Waals surface area contributed by atoms with E-state index in [0.29, 0.717) is 18.4 Å². The molecule has 0 aliphatic heterocycles. The molecule has 0 saturated heterocycles. The van der Waals surface area contributed by atoms with Gasteiger partial charge in [0.25, 0.3) is 0 Å². The van der Waals surface area contributed by atoms with Gasteiger partial charge < -0.3 is 4.74 Å². The molecule has 0 N–H and O–H groups in total. The van der Waals surface area contributed by atoms with Crippen molar-refractivity contribution in [3.8, 4) is 0 Å². The quantitative estimate of drug-likeness (QED) is 0.538. The Balaban J connectivity index is 2.41. The summed E-state index contributed by atoms with van der Waals surface area (Å²) in [5, 5.41) is 0. The summed E-state index contributed by atoms with van der Waals surface area (Å²) in [4.78, 5) is 11.6. The van der Waals surface area contributed by atoms with E-state index in [-0.39, 0.29) is 17.3 Å². The summed E-state index contributed by atoms with van der Waals surface area (Å²) < 4.78 is 5.37. The van der Waals surface area contributed by atoms with Crippen LogP contribution in [-0.2, 0) is 9.53 Å². The molecule has 0 radical (unpaired) electrons. The molecule has 2 heteroatoms. The largest absolute Gasteiger partial charge is 0.465 e. The van der Waals surface area contributed by atoms with Crippen molar-refractivity contribution >= 4 is 5.97 Å². The van der Waals surface area contributed by atoms with Gasteiger partial charge in [0.2, 0.25) is 0 Å². The van der Waals surface area contributed by atoms with Crippen LogP contribution in [0.1, 0.15) is 40.5 Å². The first-order chi connectivity index (χ1) is 7.93. The number of allylic oxidation sites excluding steroid dienone is 1. The van der Waals surface area contributed by atoms with Crippen LogP contribution in [0.15, 0.2) is 18.4 Å². The highest BCUT2D eigenvalue weighted by atomic mass is 16.5. The molecule has 96 valence electrons. The summed E-state index contributed by atoms with van der Waals surface area (Å²) in [6.45, 7) is 12.5. The summed E-state index contributed by atoms with van der Waals surface area (Å²) in [7, 11) is 0. The van der Waals surface area contributed by atoms with Crippen LogP contribution in [0, 0.1) is 23.2 Å². The second kappa shape index (κ2) is 5.55. The molecule has 0 bridgehead atoms. The molecule has 17 heavy (non-hydrogen) atoms. The number of esters is 1. The number of carbonyl (C=O) groups excluding carboxylic acids is 1. The first kappa shape index (κ1) is 14.1. The summed E-state index contributed by atoms with van der Waals surface area (Å²) >= 11 is 0. The van der Waals surface area contributed by atoms with Crippen molar-refractivity contribution < 1.29 is 9.53 Å². The maximum Gasteiger partial charge on any atom is 0.308 e. The molecule has 2 nitrogen and oxygen atoms in total. The van der Waals surface area contributed by atoms with E-state index in [1.165, 1.54) is 0 Å². The van der Waals surface area contributed by atoms with Gasteiger partial charge in [-0.05, 0) is 36.2 Å². The lowest BCUT2D eigenvalue weighted by molar-refractivity contribution is -0.154. The summed E-state index contributed by atoms with van der Waals surface area (Å²) in [6.07, 6.45) is 3.95. The standard InChI is InChI=1S/C15H24O2/c1-6-8-12-9-13(15(12,4)5)10-17-14(16)11(3)7-2/h8,11-13H,1,7,9-10H2,2-5H3. The van der Waals surface area contributed by atoms with Gasteiger partial charge in [0.05, 0.1) is 12.5 Å². The predicted molar refractivity (Wildman–Crippen MR) is 69.5 cm³/mol. The van der Waals surface area contributed by atoms with Crippen LogP contribution in [-0.4, -0.2) is 12.6 Å². The SMILES string of the molecule is C=C=CC1CC(COC(=O)C(C)CC)C1(C)C. The zero-order valence-electron chi connectivity index (χ0n) is 11.5. The molecule has 0 spiro atoms. The number of hydrogen-bond donors (Lipinski definition) is 0. The molecule has 0 aromatic heterocycles. The smallest absolute Gasteiger partial charge is 0.308 e. The number of carbonyl (C=O) groups is 1. The Morgan fingerprint density at radius 1 is 1.65 bits per heavy atom. The molecule has 1 aliphatic rings. The lowest BCUT2D eigenvalue weighted by atomic mass is 9.55. The maximum atomic E-state index is 11.6. The average molecular weight is 236 g/mol. The minimum absolute atomic E-state index is 0.0158. The predicted octanol–water partition coefficient (Wildman–Crippen LogP) is 3.58. The monoisotopic (exact) mass is 236 g/mol. The minimum Gasteiger partial charge on any atom is -0.465 e. The van der Waals surface area contributed by atoms with Crippen molar-refractivity contribution in [2.75, 3.05) is 6.61 Å². The first-order valence-corrected chi connectivity index (χ1v) is 6.46. The second-order valence-electron chi connectivity index (χ2n) is 5.67. The lowest BCUT2D eigenvalue weighted by Crippen LogP contribution is -2.46. The van der Waals surface area contributed by atoms with E-state index in [9.17, 15) is 4.79 Å². The van der Waals surface area contributed by atoms with Gasteiger partial charge in [-0.1, -0.05) is 34.3 Å². The number of hydrogen-bond acceptors (Lipinski definition) is 2. The van der Waals surface area contributed by atoms with Gasteiger partial charge in [-0.3, -0.25) is 4.79 Å². The molecule has 1 aliphatic carbocycles. The van der Waals surface area contributed by atoms with Crippen molar-refractivity contribution in [2.24, 2.45) is 23.2 Å². The Morgan fingerprint density at radius 3 is 2.76 bits per heavy atom. The van der Waals surface area contributed by atoms with Crippen LogP contribution in [0.2, 0.25) is 0 Å². The molecule has 0 aromatic rings. The van der Waals surface area contributed by atoms with Crippen LogP contribution in [0.5, 0.6) is 0 Å². The average Bonchev–Trinajstić information content (AvgIpc) is 2.31. The van der Waals surface area contributed by atoms with E-state index in [1.807, 2.05) is 19.9 Å². The molecule has 3 atom stereocenters. The first-order valence-electron chi connectivity index (χ1n) is 6.46. The van der Waals surface area contributed by atoms with Crippen LogP contribution in [0.25, 0.3) is 0 Å². The van der Waals surface area contributed by atoms with Gasteiger partial charge in [-0.2, -0.15) is 0 Å². The topological polar surface area (TPSA) is 26.3 Å². The fourth-order valence-electron chi connectivity index (χ4n) is 2.26. The molecular formula is C15H24O2. The normalized spacial score (nSPS) is 27.5. The van der Waals surface area contributed by atoms with Gasteiger partial charge in [0.15, 0.2) is 0 Å². The zero-order valence-corrected chi connectivity index (χ0v) is 11.5. The van der Waals surface area contributed by atoms with E-state index in [1.54, 1.807) is 0 Å². The Labute approximate surface area is 105 Å². The van der Waals surface area contributed by atoms with E-state index >= 15 is 0 Å². The Morgan fingerprint density at radius 2 is 2.29 bits per heavy atom. The highest BCUT2D eigenvalue weighted by Gasteiger charge is 2.47. The van der Waals surface area contributed by atoms with Crippen molar-refractivity contribution in [3.05, 3.63) is 18.4 Å². The summed E-state index contributed by atoms with van der Waals surface area (Å²) in [5.41, 5.74) is 3.05. The molecule has 0 aromatic carbocycles. The van der Waals surface area contributed by atoms with E-state index in [0.717, 1.165) is 12.8 Å². The van der Waals surface area contributed by atoms with E-state index in [2.05, 4.69) is 26.2 Å². The third kappa shape index (κ3) is 3.01. The molecular weight excluding hydrogens is 212 g/mol. The van der Waals surface area contributed by atoms with Crippen LogP contribution >= 0.6 is 0 Å². The van der Waals surface area contributed by atoms with Crippen molar-refractivity contribution in [1.82, 2.24) is 0 Å². The van der Waals surface area contributed by atoms with Gasteiger partial charge in [-0.25, -0.2) is 0 Å². The van der Waals surface area contributed by atoms with Crippen LogP contribution < -0.4 is 0 Å². The number of rotatable bonds is 5. The summed E-state index contributed by atoms with van der Waals surface area (Å²) in [6, 6.07) is 0. The molecule has 0 amide bonds. The molecule has 1 fully saturated rings. The fourth-order valence-corrected chi connectivity index (χ4v) is 2.26. The Kier molecular flexibility index (Phi) is 4.59. The molecule has 1 rings (SSSR count). The number of ether oxygens (including phenoxy) is 1. The lowest BCUT2D eigenvalue weighted by Gasteiger charge is -2.50. The maximum absolute atomic E-state index is 11.6. The van der Waals surface area contributed by atoms with Crippen molar-refractivity contribution in [1.29, 1.82) is 0 Å². The molecule has 3 unspecified atom stereocenters. The van der Waals surface area contributed by atoms with Gasteiger partial charge in [0, 0.05) is 0 Å². The molecule has 1 saturated carbocycles. The van der Waals surface area contributed by atoms with E-state index < -0.39 is 0 Å². The van der Waals surface area contributed by atoms with Gasteiger partial charge in [-0.15, -0.1) is 5.73 Å². The van der Waals surface area contributed by atoms with Crippen LogP contribution in [0.3, 0.4) is 0 Å². The van der Waals surface area contributed by atoms with Crippen LogP contribution in [0.4, 0.5) is 0 Å². The fraction of sp³-hybridized carbons (Fsp3) is 0.733. The molecule has 0 heterocycles. The highest BCUT2D eigenvalue weighted by molar-refractivity contribution is 5.71.